The van der Waals surface area contributed by atoms with Gasteiger partial charge in [0.05, 0.1) is 11.3 Å². The van der Waals surface area contributed by atoms with E-state index in [1.807, 2.05) is 6.92 Å². The lowest BCUT2D eigenvalue weighted by Gasteiger charge is -2.29. The molecule has 0 aliphatic heterocycles. The van der Waals surface area contributed by atoms with Crippen molar-refractivity contribution in [2.24, 2.45) is 11.7 Å². The quantitative estimate of drug-likeness (QED) is 0.507. The van der Waals surface area contributed by atoms with Gasteiger partial charge in [-0.2, -0.15) is 0 Å². The Bertz CT molecular complexity index is 388. The average Bonchev–Trinajstić information content (AvgIpc) is 2.28. The zero-order valence-corrected chi connectivity index (χ0v) is 12.1. The molecule has 0 saturated heterocycles. The van der Waals surface area contributed by atoms with Crippen LogP contribution in [0, 0.1) is 11.3 Å². The number of nitrogens with two attached hydrogens (primary N) is 1. The van der Waals surface area contributed by atoms with Crippen LogP contribution in [0.5, 0.6) is 0 Å². The molecule has 5 nitrogen and oxygen atoms in total. The van der Waals surface area contributed by atoms with Gasteiger partial charge < -0.3 is 5.73 Å². The molecule has 1 aliphatic carbocycles. The third kappa shape index (κ3) is 4.24. The largest absolute Gasteiger partial charge is 0.386 e. The van der Waals surface area contributed by atoms with E-state index < -0.39 is 15.6 Å². The first kappa shape index (κ1) is 15.4. The summed E-state index contributed by atoms with van der Waals surface area (Å²) in [6, 6.07) is 0. The highest BCUT2D eigenvalue weighted by atomic mass is 32.2. The molecule has 0 aromatic carbocycles. The van der Waals surface area contributed by atoms with E-state index in [2.05, 4.69) is 4.72 Å². The molecule has 1 fully saturated rings. The van der Waals surface area contributed by atoms with Gasteiger partial charge in [-0.25, -0.2) is 13.1 Å². The van der Waals surface area contributed by atoms with Gasteiger partial charge in [0.1, 0.15) is 5.84 Å². The molecule has 0 amide bonds. The van der Waals surface area contributed by atoms with Gasteiger partial charge in [-0.15, -0.1) is 0 Å². The molecule has 0 spiro atoms. The molecule has 106 valence electrons. The number of sulfonamides is 1. The fraction of sp³-hybridized carbons (Fsp3) is 0.917. The van der Waals surface area contributed by atoms with Crippen LogP contribution < -0.4 is 10.5 Å². The maximum absolute atomic E-state index is 12.1. The van der Waals surface area contributed by atoms with E-state index in [1.54, 1.807) is 6.92 Å². The third-order valence-electron chi connectivity index (χ3n) is 3.86. The van der Waals surface area contributed by atoms with Crippen molar-refractivity contribution in [3.63, 3.8) is 0 Å². The summed E-state index contributed by atoms with van der Waals surface area (Å²) in [4.78, 5) is 0. The second-order valence-electron chi connectivity index (χ2n) is 5.49. The fourth-order valence-corrected chi connectivity index (χ4v) is 4.34. The fourth-order valence-electron chi connectivity index (χ4n) is 2.37. The number of amidine groups is 1. The topological polar surface area (TPSA) is 96.0 Å². The molecule has 0 bridgehead atoms. The van der Waals surface area contributed by atoms with E-state index in [0.717, 1.165) is 25.7 Å². The maximum atomic E-state index is 12.1. The summed E-state index contributed by atoms with van der Waals surface area (Å²) in [6.45, 7) is 3.48. The summed E-state index contributed by atoms with van der Waals surface area (Å²) in [5.41, 5.74) is 4.53. The van der Waals surface area contributed by atoms with E-state index in [9.17, 15) is 8.42 Å². The van der Waals surface area contributed by atoms with Crippen molar-refractivity contribution in [3.05, 3.63) is 0 Å². The summed E-state index contributed by atoms with van der Waals surface area (Å²) in [5.74, 6) is 0.289. The zero-order valence-electron chi connectivity index (χ0n) is 11.3. The average molecular weight is 275 g/mol. The van der Waals surface area contributed by atoms with Crippen molar-refractivity contribution in [1.29, 1.82) is 5.41 Å². The Labute approximate surface area is 110 Å². The molecular formula is C12H25N3O2S. The van der Waals surface area contributed by atoms with Gasteiger partial charge in [0.25, 0.3) is 0 Å². The van der Waals surface area contributed by atoms with E-state index in [-0.39, 0.29) is 17.5 Å². The molecular weight excluding hydrogens is 250 g/mol. The first-order valence-corrected chi connectivity index (χ1v) is 8.30. The Morgan fingerprint density at radius 3 is 2.39 bits per heavy atom. The van der Waals surface area contributed by atoms with Crippen molar-refractivity contribution < 1.29 is 8.42 Å². The van der Waals surface area contributed by atoms with Gasteiger partial charge in [-0.05, 0) is 32.1 Å². The van der Waals surface area contributed by atoms with Crippen LogP contribution in [0.2, 0.25) is 0 Å². The molecule has 1 rings (SSSR count). The van der Waals surface area contributed by atoms with Crippen LogP contribution >= 0.6 is 0 Å². The standard InChI is InChI=1S/C12H25N3O2S/c1-3-12(2,11(13)14)15-18(16,17)9-10-7-5-4-6-8-10/h10,15H,3-9H2,1-2H3,(H3,13,14). The lowest BCUT2D eigenvalue weighted by Crippen LogP contribution is -2.55. The minimum Gasteiger partial charge on any atom is -0.386 e. The van der Waals surface area contributed by atoms with Crippen LogP contribution in [0.25, 0.3) is 0 Å². The smallest absolute Gasteiger partial charge is 0.212 e. The lowest BCUT2D eigenvalue weighted by molar-refractivity contribution is 0.382. The number of nitrogens with one attached hydrogen (secondary N) is 2. The minimum absolute atomic E-state index is 0.128. The molecule has 1 saturated carbocycles. The molecule has 0 heterocycles. The Morgan fingerprint density at radius 1 is 1.39 bits per heavy atom. The predicted molar refractivity (Wildman–Crippen MR) is 74.1 cm³/mol. The van der Waals surface area contributed by atoms with Crippen molar-refractivity contribution >= 4 is 15.9 Å². The number of rotatable bonds is 6. The molecule has 18 heavy (non-hydrogen) atoms. The molecule has 0 aromatic rings. The molecule has 1 atom stereocenters. The molecule has 6 heteroatoms. The second-order valence-corrected chi connectivity index (χ2v) is 7.25. The van der Waals surface area contributed by atoms with E-state index in [1.165, 1.54) is 6.42 Å². The molecule has 1 unspecified atom stereocenters. The van der Waals surface area contributed by atoms with E-state index >= 15 is 0 Å². The third-order valence-corrected chi connectivity index (χ3v) is 5.53. The highest BCUT2D eigenvalue weighted by molar-refractivity contribution is 7.89. The van der Waals surface area contributed by atoms with Crippen molar-refractivity contribution in [2.45, 2.75) is 57.9 Å². The van der Waals surface area contributed by atoms with Crippen molar-refractivity contribution in [2.75, 3.05) is 5.75 Å². The Hall–Kier alpha value is -0.620. The van der Waals surface area contributed by atoms with Gasteiger partial charge >= 0.3 is 0 Å². The monoisotopic (exact) mass is 275 g/mol. The SMILES string of the molecule is CCC(C)(NS(=O)(=O)CC1CCCCC1)C(=N)N. The molecule has 0 radical (unpaired) electrons. The predicted octanol–water partition coefficient (Wildman–Crippen LogP) is 1.59. The lowest BCUT2D eigenvalue weighted by atomic mass is 9.91. The van der Waals surface area contributed by atoms with Gasteiger partial charge in [0.2, 0.25) is 10.0 Å². The highest BCUT2D eigenvalue weighted by Gasteiger charge is 2.32. The van der Waals surface area contributed by atoms with Gasteiger partial charge in [-0.1, -0.05) is 26.2 Å². The Morgan fingerprint density at radius 2 is 1.94 bits per heavy atom. The zero-order chi connectivity index (χ0) is 13.8. The summed E-state index contributed by atoms with van der Waals surface area (Å²) in [6.07, 6.45) is 5.92. The van der Waals surface area contributed by atoms with E-state index in [0.29, 0.717) is 6.42 Å². The van der Waals surface area contributed by atoms with Crippen molar-refractivity contribution in [3.8, 4) is 0 Å². The highest BCUT2D eigenvalue weighted by Crippen LogP contribution is 2.25. The maximum Gasteiger partial charge on any atom is 0.212 e. The summed E-state index contributed by atoms with van der Waals surface area (Å²) >= 11 is 0. The van der Waals surface area contributed by atoms with Crippen LogP contribution in [-0.2, 0) is 10.0 Å². The summed E-state index contributed by atoms with van der Waals surface area (Å²) < 4.78 is 26.8. The second kappa shape index (κ2) is 6.02. The first-order chi connectivity index (χ1) is 8.29. The van der Waals surface area contributed by atoms with E-state index in [4.69, 9.17) is 11.1 Å². The number of hydrogen-bond acceptors (Lipinski definition) is 3. The Kier molecular flexibility index (Phi) is 5.16. The van der Waals surface area contributed by atoms with Gasteiger partial charge in [0, 0.05) is 0 Å². The van der Waals surface area contributed by atoms with Gasteiger partial charge in [0.15, 0.2) is 0 Å². The molecule has 1 aliphatic rings. The van der Waals surface area contributed by atoms with Crippen LogP contribution in [0.1, 0.15) is 52.4 Å². The summed E-state index contributed by atoms with van der Waals surface area (Å²) in [7, 11) is -3.37. The normalized spacial score (nSPS) is 21.4. The molecule has 0 aromatic heterocycles. The number of hydrogen-bond donors (Lipinski definition) is 3. The van der Waals surface area contributed by atoms with Crippen LogP contribution in [0.15, 0.2) is 0 Å². The van der Waals surface area contributed by atoms with Crippen LogP contribution in [0.4, 0.5) is 0 Å². The Balaban J connectivity index is 2.66. The summed E-state index contributed by atoms with van der Waals surface area (Å²) in [5, 5.41) is 7.50. The van der Waals surface area contributed by atoms with Crippen LogP contribution in [-0.4, -0.2) is 25.5 Å². The van der Waals surface area contributed by atoms with Gasteiger partial charge in [-0.3, -0.25) is 5.41 Å². The minimum atomic E-state index is -3.37. The molecule has 4 N–H and O–H groups in total. The first-order valence-electron chi connectivity index (χ1n) is 6.65. The van der Waals surface area contributed by atoms with Crippen molar-refractivity contribution in [1.82, 2.24) is 4.72 Å². The van der Waals surface area contributed by atoms with Crippen LogP contribution in [0.3, 0.4) is 0 Å².